The van der Waals surface area contributed by atoms with E-state index in [1.165, 1.54) is 11.1 Å². The number of fused-ring (bicyclic) bond motifs is 2. The minimum atomic E-state index is 0.209. The van der Waals surface area contributed by atoms with E-state index in [4.69, 9.17) is 14.8 Å². The fourth-order valence-electron chi connectivity index (χ4n) is 5.35. The van der Waals surface area contributed by atoms with Crippen LogP contribution < -0.4 is 0 Å². The van der Waals surface area contributed by atoms with Crippen molar-refractivity contribution in [1.29, 1.82) is 0 Å². The summed E-state index contributed by atoms with van der Waals surface area (Å²) < 4.78 is 9.89. The van der Waals surface area contributed by atoms with Crippen molar-refractivity contribution < 1.29 is 4.74 Å². The first-order chi connectivity index (χ1) is 17.1. The molecule has 0 saturated carbocycles. The van der Waals surface area contributed by atoms with Crippen LogP contribution in [0.3, 0.4) is 0 Å². The molecule has 0 aliphatic carbocycles. The van der Waals surface area contributed by atoms with Crippen LogP contribution in [-0.4, -0.2) is 42.6 Å². The lowest BCUT2D eigenvalue weighted by Gasteiger charge is -2.32. The first kappa shape index (κ1) is 21.9. The van der Waals surface area contributed by atoms with E-state index in [1.807, 2.05) is 17.8 Å². The lowest BCUT2D eigenvalue weighted by molar-refractivity contribution is 0.0547. The van der Waals surface area contributed by atoms with Gasteiger partial charge in [0.25, 0.3) is 0 Å². The van der Waals surface area contributed by atoms with Gasteiger partial charge in [0, 0.05) is 18.8 Å². The van der Waals surface area contributed by atoms with Gasteiger partial charge in [0.15, 0.2) is 11.5 Å². The quantitative estimate of drug-likeness (QED) is 0.338. The van der Waals surface area contributed by atoms with E-state index in [-0.39, 0.29) is 6.04 Å². The van der Waals surface area contributed by atoms with Crippen molar-refractivity contribution in [3.63, 3.8) is 0 Å². The molecule has 3 aromatic heterocycles. The highest BCUT2D eigenvalue weighted by molar-refractivity contribution is 5.82. The Balaban J connectivity index is 1.52. The van der Waals surface area contributed by atoms with Crippen LogP contribution in [0, 0.1) is 12.8 Å². The van der Waals surface area contributed by atoms with E-state index < -0.39 is 0 Å². The molecule has 35 heavy (non-hydrogen) atoms. The van der Waals surface area contributed by atoms with Crippen molar-refractivity contribution in [3.8, 4) is 11.3 Å². The van der Waals surface area contributed by atoms with E-state index in [0.29, 0.717) is 11.8 Å². The Kier molecular flexibility index (Phi) is 5.57. The number of ether oxygens (including phenoxy) is 1. The van der Waals surface area contributed by atoms with Gasteiger partial charge >= 0.3 is 0 Å². The molecule has 2 aromatic carbocycles. The molecule has 0 amide bonds. The number of imidazole rings is 1. The summed E-state index contributed by atoms with van der Waals surface area (Å²) in [4.78, 5) is 4.79. The monoisotopic (exact) mass is 466 g/mol. The lowest BCUT2D eigenvalue weighted by atomic mass is 9.86. The predicted molar refractivity (Wildman–Crippen MR) is 136 cm³/mol. The summed E-state index contributed by atoms with van der Waals surface area (Å²) in [7, 11) is 0. The average molecular weight is 467 g/mol. The summed E-state index contributed by atoms with van der Waals surface area (Å²) in [6.45, 7) is 7.94. The molecule has 0 bridgehead atoms. The SMILES string of the molecule is Cc1nnc2cc(C(C)C)c(-c3ccc4ncn([C@H](c5ccccc5)C5CCOCC5)c4c3)nn12. The van der Waals surface area contributed by atoms with E-state index in [1.54, 1.807) is 0 Å². The van der Waals surface area contributed by atoms with E-state index >= 15 is 0 Å². The van der Waals surface area contributed by atoms with Crippen molar-refractivity contribution in [1.82, 2.24) is 29.4 Å². The molecule has 0 unspecified atom stereocenters. The Morgan fingerprint density at radius 1 is 0.971 bits per heavy atom. The van der Waals surface area contributed by atoms with Crippen LogP contribution in [-0.2, 0) is 4.74 Å². The predicted octanol–water partition coefficient (Wildman–Crippen LogP) is 5.59. The molecular formula is C28H30N6O. The molecule has 178 valence electrons. The fraction of sp³-hybridized carbons (Fsp3) is 0.357. The van der Waals surface area contributed by atoms with Crippen LogP contribution in [0.2, 0.25) is 0 Å². The Labute approximate surface area is 204 Å². The minimum absolute atomic E-state index is 0.209. The van der Waals surface area contributed by atoms with Gasteiger partial charge in [-0.05, 0) is 60.9 Å². The summed E-state index contributed by atoms with van der Waals surface area (Å²) in [6, 6.07) is 19.6. The standard InChI is InChI=1S/C28H30N6O/c1-18(2)23-16-26-31-30-19(3)34(26)32-27(23)22-9-10-24-25(15-22)33(17-29-24)28(20-7-5-4-6-8-20)21-11-13-35-14-12-21/h4-10,15-18,21,28H,11-14H2,1-3H3/t28-/m1/s1. The second-order valence-electron chi connectivity index (χ2n) is 9.78. The molecule has 0 spiro atoms. The van der Waals surface area contributed by atoms with Gasteiger partial charge in [-0.25, -0.2) is 4.98 Å². The highest BCUT2D eigenvalue weighted by Gasteiger charge is 2.28. The third-order valence-electron chi connectivity index (χ3n) is 7.20. The van der Waals surface area contributed by atoms with Gasteiger partial charge < -0.3 is 9.30 Å². The third kappa shape index (κ3) is 3.90. The molecule has 6 rings (SSSR count). The largest absolute Gasteiger partial charge is 0.381 e. The maximum atomic E-state index is 5.70. The minimum Gasteiger partial charge on any atom is -0.381 e. The maximum absolute atomic E-state index is 5.70. The number of benzene rings is 2. The second-order valence-corrected chi connectivity index (χ2v) is 9.78. The smallest absolute Gasteiger partial charge is 0.178 e. The maximum Gasteiger partial charge on any atom is 0.178 e. The van der Waals surface area contributed by atoms with E-state index in [2.05, 4.69) is 83.2 Å². The molecule has 4 heterocycles. The van der Waals surface area contributed by atoms with Gasteiger partial charge in [-0.1, -0.05) is 50.2 Å². The highest BCUT2D eigenvalue weighted by atomic mass is 16.5. The Morgan fingerprint density at radius 2 is 1.77 bits per heavy atom. The lowest BCUT2D eigenvalue weighted by Crippen LogP contribution is -2.26. The van der Waals surface area contributed by atoms with Crippen molar-refractivity contribution in [3.05, 3.63) is 77.9 Å². The van der Waals surface area contributed by atoms with Gasteiger partial charge in [-0.3, -0.25) is 0 Å². The topological polar surface area (TPSA) is 70.1 Å². The van der Waals surface area contributed by atoms with Gasteiger partial charge in [-0.2, -0.15) is 9.61 Å². The molecule has 1 atom stereocenters. The van der Waals surface area contributed by atoms with Crippen molar-refractivity contribution in [2.24, 2.45) is 5.92 Å². The molecule has 7 nitrogen and oxygen atoms in total. The summed E-state index contributed by atoms with van der Waals surface area (Å²) in [5, 5.41) is 13.5. The zero-order chi connectivity index (χ0) is 23.9. The van der Waals surface area contributed by atoms with E-state index in [0.717, 1.165) is 59.8 Å². The number of hydrogen-bond acceptors (Lipinski definition) is 5. The fourth-order valence-corrected chi connectivity index (χ4v) is 5.35. The van der Waals surface area contributed by atoms with Crippen LogP contribution >= 0.6 is 0 Å². The van der Waals surface area contributed by atoms with Gasteiger partial charge in [0.2, 0.25) is 0 Å². The molecule has 7 heteroatoms. The molecule has 1 aliphatic heterocycles. The average Bonchev–Trinajstić information content (AvgIpc) is 3.47. The van der Waals surface area contributed by atoms with Gasteiger partial charge in [0.05, 0.1) is 29.1 Å². The van der Waals surface area contributed by atoms with Crippen LogP contribution in [0.25, 0.3) is 27.9 Å². The zero-order valence-corrected chi connectivity index (χ0v) is 20.4. The molecule has 1 saturated heterocycles. The Bertz CT molecular complexity index is 1480. The molecule has 1 fully saturated rings. The molecule has 0 N–H and O–H groups in total. The second kappa shape index (κ2) is 8.89. The number of aromatic nitrogens is 6. The Morgan fingerprint density at radius 3 is 2.54 bits per heavy atom. The Hall–Kier alpha value is -3.58. The van der Waals surface area contributed by atoms with Crippen LogP contribution in [0.5, 0.6) is 0 Å². The van der Waals surface area contributed by atoms with Gasteiger partial charge in [-0.15, -0.1) is 10.2 Å². The van der Waals surface area contributed by atoms with Crippen molar-refractivity contribution in [2.75, 3.05) is 13.2 Å². The molecule has 5 aromatic rings. The first-order valence-corrected chi connectivity index (χ1v) is 12.4. The number of nitrogens with zero attached hydrogens (tertiary/aromatic N) is 6. The van der Waals surface area contributed by atoms with Crippen molar-refractivity contribution >= 4 is 16.7 Å². The van der Waals surface area contributed by atoms with E-state index in [9.17, 15) is 0 Å². The van der Waals surface area contributed by atoms with Crippen LogP contribution in [0.15, 0.2) is 60.9 Å². The normalized spacial score (nSPS) is 15.9. The number of aryl methyl sites for hydroxylation is 1. The summed E-state index contributed by atoms with van der Waals surface area (Å²) in [6.07, 6.45) is 4.09. The number of rotatable bonds is 5. The summed E-state index contributed by atoms with van der Waals surface area (Å²) >= 11 is 0. The first-order valence-electron chi connectivity index (χ1n) is 12.4. The van der Waals surface area contributed by atoms with Crippen molar-refractivity contribution in [2.45, 2.75) is 45.6 Å². The summed E-state index contributed by atoms with van der Waals surface area (Å²) in [5.74, 6) is 1.58. The van der Waals surface area contributed by atoms with Crippen LogP contribution in [0.1, 0.15) is 55.6 Å². The number of hydrogen-bond donors (Lipinski definition) is 0. The third-order valence-corrected chi connectivity index (χ3v) is 7.20. The highest BCUT2D eigenvalue weighted by Crippen LogP contribution is 2.37. The molecule has 1 aliphatic rings. The van der Waals surface area contributed by atoms with Crippen LogP contribution in [0.4, 0.5) is 0 Å². The zero-order valence-electron chi connectivity index (χ0n) is 20.4. The molecular weight excluding hydrogens is 436 g/mol. The van der Waals surface area contributed by atoms with Gasteiger partial charge in [0.1, 0.15) is 0 Å². The summed E-state index contributed by atoms with van der Waals surface area (Å²) in [5.41, 5.74) is 7.43. The molecule has 0 radical (unpaired) electrons.